The first-order valence-electron chi connectivity index (χ1n) is 40.0. The lowest BCUT2D eigenvalue weighted by atomic mass is 9.98. The fraction of sp³-hybridized carbons (Fsp3) is 0.322. The second-order valence-electron chi connectivity index (χ2n) is 31.3. The molecule has 0 saturated carbocycles. The van der Waals surface area contributed by atoms with E-state index in [-0.39, 0.29) is 73.8 Å². The van der Waals surface area contributed by atoms with Gasteiger partial charge in [0.1, 0.15) is 47.7 Å². The molecule has 4 aromatic carbocycles. The van der Waals surface area contributed by atoms with Crippen molar-refractivity contribution in [3.8, 4) is 73.6 Å². The zero-order chi connectivity index (χ0) is 91.1. The number of hydrogen-bond acceptors (Lipinski definition) is 22. The van der Waals surface area contributed by atoms with Gasteiger partial charge >= 0.3 is 0 Å². The molecule has 12 aromatic rings. The average molecular weight is 1900 g/mol. The Balaban J connectivity index is 0.000000145. The van der Waals surface area contributed by atoms with Crippen LogP contribution in [0.3, 0.4) is 0 Å². The van der Waals surface area contributed by atoms with Gasteiger partial charge in [0.2, 0.25) is 11.8 Å². The van der Waals surface area contributed by atoms with E-state index in [1.54, 1.807) is 113 Å². The van der Waals surface area contributed by atoms with Gasteiger partial charge < -0.3 is 57.4 Å². The molecule has 16 rings (SSSR count). The number of nitrogens with zero attached hydrogens (tertiary/aromatic N) is 17. The number of nitriles is 1. The molecule has 40 heteroatoms. The van der Waals surface area contributed by atoms with E-state index < -0.39 is 47.7 Å². The highest BCUT2D eigenvalue weighted by atomic mass is 35.5. The number of hydrogen-bond donors (Lipinski definition) is 5. The molecule has 4 aliphatic heterocycles. The van der Waals surface area contributed by atoms with Gasteiger partial charge in [-0.25, -0.2) is 37.5 Å². The van der Waals surface area contributed by atoms with E-state index in [9.17, 15) is 27.2 Å². The Morgan fingerprint density at radius 2 is 0.740 bits per heavy atom. The number of rotatable bonds is 26. The maximum Gasteiger partial charge on any atom is 0.231 e. The number of halogens is 12. The minimum absolute atomic E-state index is 0.0563. The van der Waals surface area contributed by atoms with Crippen molar-refractivity contribution < 1.29 is 46.1 Å². The van der Waals surface area contributed by atoms with Gasteiger partial charge in [-0.3, -0.25) is 38.1 Å². The maximum atomic E-state index is 13.9. The van der Waals surface area contributed by atoms with Crippen LogP contribution in [0.15, 0.2) is 147 Å². The number of anilines is 4. The molecule has 4 atom stereocenters. The Labute approximate surface area is 769 Å². The molecule has 12 heterocycles. The van der Waals surface area contributed by atoms with E-state index in [4.69, 9.17) is 146 Å². The van der Waals surface area contributed by atoms with Crippen LogP contribution in [0.1, 0.15) is 107 Å². The number of amides is 2. The molecule has 4 saturated heterocycles. The van der Waals surface area contributed by atoms with Crippen LogP contribution in [-0.4, -0.2) is 162 Å². The first kappa shape index (κ1) is 93.7. The molecule has 0 radical (unpaired) electrons. The monoisotopic (exact) mass is 1890 g/mol. The Kier molecular flexibility index (Phi) is 30.3. The summed E-state index contributed by atoms with van der Waals surface area (Å²) in [5, 5.41) is 27.4. The molecular weight excluding hydrogens is 1810 g/mol. The van der Waals surface area contributed by atoms with E-state index in [0.29, 0.717) is 116 Å². The Hall–Kier alpha value is -10.9. The van der Waals surface area contributed by atoms with Gasteiger partial charge in [-0.1, -0.05) is 92.8 Å². The maximum absolute atomic E-state index is 13.9. The van der Waals surface area contributed by atoms with Crippen molar-refractivity contribution in [2.24, 2.45) is 17.6 Å². The highest BCUT2D eigenvalue weighted by molar-refractivity contribution is 6.38. The normalized spacial score (nSPS) is 15.3. The lowest BCUT2D eigenvalue weighted by molar-refractivity contribution is -0.134. The number of ether oxygens (including phenoxy) is 4. The van der Waals surface area contributed by atoms with Crippen molar-refractivity contribution in [1.82, 2.24) is 78.7 Å². The number of benzene rings is 4. The number of primary amides is 1. The number of aromatic nitrogens is 12. The molecule has 127 heavy (non-hydrogen) atoms. The summed E-state index contributed by atoms with van der Waals surface area (Å²) in [7, 11) is 0. The molecule has 4 unspecified atom stereocenters. The van der Waals surface area contributed by atoms with Crippen LogP contribution in [0.25, 0.3) is 44.5 Å². The van der Waals surface area contributed by atoms with Crippen molar-refractivity contribution in [1.29, 1.82) is 5.26 Å². The number of nitrogen functional groups attached to an aromatic ring is 4. The van der Waals surface area contributed by atoms with E-state index >= 15 is 0 Å². The van der Waals surface area contributed by atoms with Crippen LogP contribution in [0, 0.1) is 46.4 Å². The van der Waals surface area contributed by atoms with Crippen LogP contribution < -0.4 is 47.6 Å². The van der Waals surface area contributed by atoms with Gasteiger partial charge in [0.05, 0.1) is 76.1 Å². The summed E-state index contributed by atoms with van der Waals surface area (Å²) in [5.41, 5.74) is 37.2. The largest absolute Gasteiger partial charge is 0.482 e. The van der Waals surface area contributed by atoms with Crippen LogP contribution in [0.5, 0.6) is 23.0 Å². The second kappa shape index (κ2) is 41.0. The van der Waals surface area contributed by atoms with Crippen LogP contribution in [0.4, 0.5) is 40.8 Å². The quantitative estimate of drug-likeness (QED) is 0.0191. The Morgan fingerprint density at radius 3 is 1.05 bits per heavy atom. The van der Waals surface area contributed by atoms with Crippen LogP contribution >= 0.6 is 92.8 Å². The van der Waals surface area contributed by atoms with Crippen LogP contribution in [-0.2, 0) is 22.7 Å². The first-order chi connectivity index (χ1) is 60.5. The molecule has 4 fully saturated rings. The van der Waals surface area contributed by atoms with E-state index in [1.165, 1.54) is 48.5 Å². The third kappa shape index (κ3) is 22.4. The molecule has 0 spiro atoms. The molecule has 2 amide bonds. The van der Waals surface area contributed by atoms with Gasteiger partial charge in [-0.2, -0.15) is 25.7 Å². The summed E-state index contributed by atoms with van der Waals surface area (Å²) in [5.74, 6) is 0.614. The third-order valence-corrected chi connectivity index (χ3v) is 24.7. The van der Waals surface area contributed by atoms with Crippen molar-refractivity contribution >= 4 is 128 Å². The topological polar surface area (TPSA) is 361 Å². The molecular formula is C87H88Cl8F4N22O6. The number of nitrogens with two attached hydrogens (primary N) is 5. The first-order valence-corrected chi connectivity index (χ1v) is 43.0. The van der Waals surface area contributed by atoms with Crippen molar-refractivity contribution in [3.05, 3.63) is 233 Å². The SMILES string of the molecule is CC(=O)N1CC(n2cc(-c3cnc(N)c(OC(C)c4c(Cl)ccc(F)c4Cl)c3)cn2)C1.CC(Oc1cc(-c2cnn(C3CN(CC(N)=O)C3)c2)cnc1N)c1c(Cl)ccc(F)c1Cl.CC(Oc1cc(-c2cnn(CC3CN(C(C)C)C3)c2)cnc1N)c1c(Cl)ccc(F)c1Cl.CC(Oc1cc(-c2cnn(CC3CN(CC#N)C3)c2)cnc1N)c1c(Cl)ccc(F)c1Cl. The van der Waals surface area contributed by atoms with Gasteiger partial charge in [0, 0.05) is 227 Å². The number of carbonyl (C=O) groups excluding carboxylic acids is 2. The predicted molar refractivity (Wildman–Crippen MR) is 483 cm³/mol. The fourth-order valence-electron chi connectivity index (χ4n) is 14.7. The average Bonchev–Trinajstić information content (AvgIpc) is 1.65. The minimum Gasteiger partial charge on any atom is -0.482 e. The number of pyridine rings is 4. The van der Waals surface area contributed by atoms with Crippen molar-refractivity contribution in [2.75, 3.05) is 88.4 Å². The van der Waals surface area contributed by atoms with Crippen molar-refractivity contribution in [3.63, 3.8) is 0 Å². The molecule has 0 aliphatic carbocycles. The molecule has 0 bridgehead atoms. The summed E-state index contributed by atoms with van der Waals surface area (Å²) in [6.45, 7) is 21.8. The fourth-order valence-corrected chi connectivity index (χ4v) is 17.4. The molecule has 8 aromatic heterocycles. The lowest BCUT2D eigenvalue weighted by Crippen LogP contribution is -2.51. The van der Waals surface area contributed by atoms with Gasteiger partial charge in [-0.15, -0.1) is 0 Å². The summed E-state index contributed by atoms with van der Waals surface area (Å²) >= 11 is 49.2. The van der Waals surface area contributed by atoms with Crippen LogP contribution in [0.2, 0.25) is 40.2 Å². The Morgan fingerprint density at radius 1 is 0.433 bits per heavy atom. The van der Waals surface area contributed by atoms with E-state index in [0.717, 1.165) is 83.8 Å². The predicted octanol–water partition coefficient (Wildman–Crippen LogP) is 18.0. The summed E-state index contributed by atoms with van der Waals surface area (Å²) in [4.78, 5) is 47.6. The minimum atomic E-state index is -0.668. The third-order valence-electron chi connectivity index (χ3n) is 21.8. The summed E-state index contributed by atoms with van der Waals surface area (Å²) in [6, 6.07) is 20.7. The number of likely N-dealkylation sites (tertiary alicyclic amines) is 4. The lowest BCUT2D eigenvalue weighted by Gasteiger charge is -2.42. The molecule has 666 valence electrons. The highest BCUT2D eigenvalue weighted by Crippen LogP contribution is 2.44. The smallest absolute Gasteiger partial charge is 0.231 e. The zero-order valence-electron chi connectivity index (χ0n) is 69.5. The highest BCUT2D eigenvalue weighted by Gasteiger charge is 2.35. The van der Waals surface area contributed by atoms with Gasteiger partial charge in [-0.05, 0) is 114 Å². The number of carbonyl (C=O) groups is 2. The van der Waals surface area contributed by atoms with Crippen molar-refractivity contribution in [2.45, 2.75) is 104 Å². The second-order valence-corrected chi connectivity index (χ2v) is 34.5. The van der Waals surface area contributed by atoms with Gasteiger partial charge in [0.15, 0.2) is 46.3 Å². The van der Waals surface area contributed by atoms with E-state index in [1.807, 2.05) is 48.4 Å². The summed E-state index contributed by atoms with van der Waals surface area (Å²) in [6.07, 6.45) is 18.7. The zero-order valence-corrected chi connectivity index (χ0v) is 75.6. The Bertz CT molecular complexity index is 6040. The van der Waals surface area contributed by atoms with E-state index in [2.05, 4.69) is 70.0 Å². The molecule has 4 aliphatic rings. The van der Waals surface area contributed by atoms with Gasteiger partial charge in [0.25, 0.3) is 0 Å². The standard InChI is InChI=1S/C23H26Cl2FN5O.C22H21Cl2FN6O.C21H21Cl2FN6O2.C21H20Cl2FN5O2/c1-13(2)30-9-15(10-30)11-31-12-17(8-29-31)16-6-20(23(27)28-7-16)32-14(3)21-18(24)4-5-19(26)22(21)25;1-13(20-17(23)2-3-18(25)21(20)24)32-19-6-15(7-28-22(19)27)16-8-29-31(12-16)11-14-9-30(10-14)5-4-26;1-11(19-15(22)2-3-16(24)20(19)23)32-17-4-12(5-27-21(17)26)13-6-28-30(7-13)14-8-29(9-14)10-18(25)31;1-11(19-16(22)3-4-17(24)20(19)23)31-18-5-13(6-26-21(18)25)14-7-27-29(8-14)15-9-28(10-15)12(2)30/h4-8,12-15H,9-11H2,1-3H3,(H2,27,28);2-3,6-8,12-14H,5,9-11H2,1H3,(H2,27,28);2-7,11,14H,8-10H2,1H3,(H2,25,31)(H2,26,27);3-8,11,15H,9-10H2,1-2H3,(H2,25,26). The molecule has 28 nitrogen and oxygen atoms in total. The molecule has 10 N–H and O–H groups in total. The summed E-state index contributed by atoms with van der Waals surface area (Å²) < 4.78 is 86.9.